The molecule has 0 aliphatic heterocycles. The molecule has 0 saturated carbocycles. The van der Waals surface area contributed by atoms with Gasteiger partial charge in [-0.1, -0.05) is 0 Å². The van der Waals surface area contributed by atoms with Gasteiger partial charge in [0, 0.05) is 0 Å². The molecule has 0 aromatic carbocycles. The summed E-state index contributed by atoms with van der Waals surface area (Å²) in [7, 11) is 7.77. The maximum atomic E-state index is 8.22. The summed E-state index contributed by atoms with van der Waals surface area (Å²) < 4.78 is 0. The third kappa shape index (κ3) is 32.8. The number of hydrogen-bond donors (Lipinski definition) is 3. The lowest BCUT2D eigenvalue weighted by Gasteiger charge is -2.00. The Bertz CT molecular complexity index is 40.0. The summed E-state index contributed by atoms with van der Waals surface area (Å²) in [6, 6.07) is 0. The molecule has 0 aromatic heterocycles. The third-order valence-electron chi connectivity index (χ3n) is 0.612. The van der Waals surface area contributed by atoms with E-state index < -0.39 is 0 Å². The van der Waals surface area contributed by atoms with E-state index in [4.69, 9.17) is 5.11 Å². The lowest BCUT2D eigenvalue weighted by molar-refractivity contribution is -0.858. The molecule has 58 valence electrons. The van der Waals surface area contributed by atoms with Gasteiger partial charge in [-0.15, -0.1) is 0 Å². The van der Waals surface area contributed by atoms with Crippen LogP contribution in [-0.2, 0) is 0 Å². The molecule has 0 heterocycles. The van der Waals surface area contributed by atoms with Crippen LogP contribution in [0.5, 0.6) is 0 Å². The number of likely N-dealkylation sites (N-methyl/N-ethyl adjacent to an activating group) is 1. The Morgan fingerprint density at radius 1 is 1.33 bits per heavy atom. The maximum Gasteiger partial charge on any atom is 0.100 e. The topological polar surface area (TPSA) is 36.7 Å². The normalized spacial score (nSPS) is 8.67. The van der Waals surface area contributed by atoms with Gasteiger partial charge in [-0.3, -0.25) is 0 Å². The predicted octanol–water partition coefficient (Wildman–Crippen LogP) is -2.04. The average molecular weight is 135 g/mol. The highest BCUT2D eigenvalue weighted by Crippen LogP contribution is 1.35. The number of aliphatic hydroxyl groups is 1. The molecule has 3 N–H and O–H groups in total. The van der Waals surface area contributed by atoms with Gasteiger partial charge in [-0.05, 0) is 14.1 Å². The molecule has 0 aromatic rings. The minimum absolute atomic E-state index is 0.294. The van der Waals surface area contributed by atoms with Crippen molar-refractivity contribution >= 4 is 0 Å². The van der Waals surface area contributed by atoms with Crippen molar-refractivity contribution in [3.05, 3.63) is 0 Å². The molecule has 0 spiro atoms. The molecule has 0 atom stereocenters. The molecule has 0 unspecified atom stereocenters. The van der Waals surface area contributed by atoms with Crippen LogP contribution in [0.3, 0.4) is 0 Å². The summed E-state index contributed by atoms with van der Waals surface area (Å²) in [5.74, 6) is 0. The van der Waals surface area contributed by atoms with E-state index in [1.165, 1.54) is 4.90 Å². The van der Waals surface area contributed by atoms with Gasteiger partial charge in [0.25, 0.3) is 0 Å². The Balaban J connectivity index is 0. The fourth-order valence-electron chi connectivity index (χ4n) is 0.224. The fourth-order valence-corrected chi connectivity index (χ4v) is 0.224. The number of nitrogens with one attached hydrogen (secondary N) is 2. The number of rotatable bonds is 2. The van der Waals surface area contributed by atoms with Crippen LogP contribution >= 0.6 is 0 Å². The Morgan fingerprint density at radius 3 is 1.67 bits per heavy atom. The van der Waals surface area contributed by atoms with E-state index in [1.54, 1.807) is 0 Å². The van der Waals surface area contributed by atoms with Crippen molar-refractivity contribution in [2.75, 3.05) is 41.3 Å². The Hall–Kier alpha value is -0.120. The summed E-state index contributed by atoms with van der Waals surface area (Å²) in [6.07, 6.45) is 0. The van der Waals surface area contributed by atoms with Gasteiger partial charge < -0.3 is 15.3 Å². The first-order valence-corrected chi connectivity index (χ1v) is 3.17. The van der Waals surface area contributed by atoms with E-state index in [9.17, 15) is 0 Å². The predicted molar refractivity (Wildman–Crippen MR) is 39.7 cm³/mol. The largest absolute Gasteiger partial charge is 0.391 e. The monoisotopic (exact) mass is 135 g/mol. The molecular formula is C6H19N2O+. The van der Waals surface area contributed by atoms with Crippen molar-refractivity contribution in [3.63, 3.8) is 0 Å². The molecule has 0 bridgehead atoms. The quantitative estimate of drug-likeness (QED) is 0.408. The van der Waals surface area contributed by atoms with E-state index in [1.807, 2.05) is 28.2 Å². The van der Waals surface area contributed by atoms with Crippen molar-refractivity contribution < 1.29 is 10.0 Å². The number of quaternary nitrogens is 1. The first-order valence-electron chi connectivity index (χ1n) is 3.17. The SMILES string of the molecule is CNC.C[NH+](C)CCO. The van der Waals surface area contributed by atoms with Crippen LogP contribution in [0.15, 0.2) is 0 Å². The first kappa shape index (κ1) is 11.6. The second kappa shape index (κ2) is 10.8. The third-order valence-corrected chi connectivity index (χ3v) is 0.612. The van der Waals surface area contributed by atoms with Crippen LogP contribution in [0, 0.1) is 0 Å². The van der Waals surface area contributed by atoms with Crippen LogP contribution in [-0.4, -0.2) is 46.4 Å². The van der Waals surface area contributed by atoms with E-state index in [0.717, 1.165) is 6.54 Å². The summed E-state index contributed by atoms with van der Waals surface area (Å²) >= 11 is 0. The van der Waals surface area contributed by atoms with Gasteiger partial charge in [-0.2, -0.15) is 0 Å². The van der Waals surface area contributed by atoms with Crippen LogP contribution in [0.2, 0.25) is 0 Å². The lowest BCUT2D eigenvalue weighted by Crippen LogP contribution is -3.06. The minimum atomic E-state index is 0.294. The lowest BCUT2D eigenvalue weighted by atomic mass is 10.6. The molecule has 3 nitrogen and oxygen atoms in total. The van der Waals surface area contributed by atoms with Gasteiger partial charge in [0.1, 0.15) is 6.54 Å². The molecule has 0 fully saturated rings. The Kier molecular flexibility index (Phi) is 14.0. The average Bonchev–Trinajstić information content (AvgIpc) is 1.67. The second-order valence-corrected chi connectivity index (χ2v) is 2.18. The first-order chi connectivity index (χ1) is 4.18. The highest BCUT2D eigenvalue weighted by atomic mass is 16.3. The zero-order valence-electron chi connectivity index (χ0n) is 6.86. The van der Waals surface area contributed by atoms with Gasteiger partial charge in [0.2, 0.25) is 0 Å². The summed E-state index contributed by atoms with van der Waals surface area (Å²) in [4.78, 5) is 1.29. The van der Waals surface area contributed by atoms with E-state index in [0.29, 0.717) is 6.61 Å². The second-order valence-electron chi connectivity index (χ2n) is 2.18. The maximum absolute atomic E-state index is 8.22. The van der Waals surface area contributed by atoms with Gasteiger partial charge >= 0.3 is 0 Å². The number of hydrogen-bond acceptors (Lipinski definition) is 2. The van der Waals surface area contributed by atoms with Crippen LogP contribution < -0.4 is 10.2 Å². The molecular weight excluding hydrogens is 116 g/mol. The molecule has 3 heteroatoms. The van der Waals surface area contributed by atoms with Crippen molar-refractivity contribution in [3.8, 4) is 0 Å². The Labute approximate surface area is 57.7 Å². The van der Waals surface area contributed by atoms with Crippen LogP contribution in [0.1, 0.15) is 0 Å². The molecule has 0 aliphatic rings. The van der Waals surface area contributed by atoms with Crippen molar-refractivity contribution in [1.82, 2.24) is 5.32 Å². The molecule has 0 rings (SSSR count). The van der Waals surface area contributed by atoms with E-state index in [2.05, 4.69) is 5.32 Å². The van der Waals surface area contributed by atoms with E-state index >= 15 is 0 Å². The van der Waals surface area contributed by atoms with Crippen molar-refractivity contribution in [2.24, 2.45) is 0 Å². The van der Waals surface area contributed by atoms with Crippen LogP contribution in [0.4, 0.5) is 0 Å². The summed E-state index contributed by atoms with van der Waals surface area (Å²) in [5, 5.41) is 11.0. The van der Waals surface area contributed by atoms with E-state index in [-0.39, 0.29) is 0 Å². The molecule has 0 amide bonds. The summed E-state index contributed by atoms with van der Waals surface area (Å²) in [5.41, 5.74) is 0. The molecule has 0 radical (unpaired) electrons. The smallest absolute Gasteiger partial charge is 0.100 e. The number of aliphatic hydroxyl groups excluding tert-OH is 1. The zero-order valence-corrected chi connectivity index (χ0v) is 6.86. The van der Waals surface area contributed by atoms with Crippen molar-refractivity contribution in [1.29, 1.82) is 0 Å². The highest BCUT2D eigenvalue weighted by Gasteiger charge is 1.84. The molecule has 9 heavy (non-hydrogen) atoms. The fraction of sp³-hybridized carbons (Fsp3) is 1.00. The van der Waals surface area contributed by atoms with Gasteiger partial charge in [0.15, 0.2) is 0 Å². The van der Waals surface area contributed by atoms with Gasteiger partial charge in [-0.25, -0.2) is 0 Å². The minimum Gasteiger partial charge on any atom is -0.391 e. The van der Waals surface area contributed by atoms with Crippen LogP contribution in [0.25, 0.3) is 0 Å². The zero-order chi connectivity index (χ0) is 7.70. The molecule has 0 saturated heterocycles. The highest BCUT2D eigenvalue weighted by molar-refractivity contribution is 4.10. The Morgan fingerprint density at radius 2 is 1.67 bits per heavy atom. The summed E-state index contributed by atoms with van der Waals surface area (Å²) in [6.45, 7) is 1.14. The molecule has 0 aliphatic carbocycles. The standard InChI is InChI=1S/C4H11NO.C2H7N/c1-5(2)3-4-6;1-3-2/h6H,3-4H2,1-2H3;3H,1-2H3/p+1. The van der Waals surface area contributed by atoms with Gasteiger partial charge in [0.05, 0.1) is 20.7 Å². The van der Waals surface area contributed by atoms with Crippen molar-refractivity contribution in [2.45, 2.75) is 0 Å².